The van der Waals surface area contributed by atoms with Gasteiger partial charge in [0.05, 0.1) is 24.4 Å². The van der Waals surface area contributed by atoms with E-state index in [1.54, 1.807) is 13.1 Å². The van der Waals surface area contributed by atoms with Gasteiger partial charge in [-0.25, -0.2) is 9.79 Å². The highest BCUT2D eigenvalue weighted by Crippen LogP contribution is 2.47. The standard InChI is InChI=1S/C28H25N3O4/c1-2-34-28(33)27-26-19(15-29-27)24(25-21(31-26)11-6-12-22(25)32)17-8-5-9-18(13-17)35-23-14-16-7-3-4-10-20(16)30-23/h3-5,7-10,13,15,24,29,31H,2,6,11-12,14H2,1H3. The van der Waals surface area contributed by atoms with E-state index in [9.17, 15) is 9.59 Å². The van der Waals surface area contributed by atoms with E-state index in [1.807, 2.05) is 42.5 Å². The maximum Gasteiger partial charge on any atom is 0.356 e. The number of aliphatic imine (C=N–C) groups is 1. The number of nitrogens with one attached hydrogen (secondary N) is 2. The Hall–Kier alpha value is -4.13. The van der Waals surface area contributed by atoms with Crippen LogP contribution in [0.5, 0.6) is 5.75 Å². The van der Waals surface area contributed by atoms with Gasteiger partial charge in [-0.05, 0) is 49.1 Å². The van der Waals surface area contributed by atoms with Gasteiger partial charge in [-0.3, -0.25) is 4.79 Å². The summed E-state index contributed by atoms with van der Waals surface area (Å²) < 4.78 is 11.4. The van der Waals surface area contributed by atoms with Crippen molar-refractivity contribution >= 4 is 29.0 Å². The maximum absolute atomic E-state index is 13.1. The van der Waals surface area contributed by atoms with Crippen LogP contribution in [0.1, 0.15) is 59.3 Å². The van der Waals surface area contributed by atoms with Gasteiger partial charge in [-0.2, -0.15) is 0 Å². The molecule has 0 saturated heterocycles. The van der Waals surface area contributed by atoms with Crippen molar-refractivity contribution in [2.75, 3.05) is 11.9 Å². The summed E-state index contributed by atoms with van der Waals surface area (Å²) in [6, 6.07) is 15.8. The minimum atomic E-state index is -0.415. The van der Waals surface area contributed by atoms with E-state index < -0.39 is 5.97 Å². The van der Waals surface area contributed by atoms with Gasteiger partial charge in [0.25, 0.3) is 0 Å². The van der Waals surface area contributed by atoms with Crippen LogP contribution in [0.25, 0.3) is 0 Å². The number of H-pyrrole nitrogens is 1. The van der Waals surface area contributed by atoms with Crippen molar-refractivity contribution in [1.82, 2.24) is 4.98 Å². The number of esters is 1. The summed E-state index contributed by atoms with van der Waals surface area (Å²) in [4.78, 5) is 33.4. The van der Waals surface area contributed by atoms with Crippen LogP contribution < -0.4 is 10.1 Å². The Morgan fingerprint density at radius 1 is 1.14 bits per heavy atom. The number of aromatic amines is 1. The van der Waals surface area contributed by atoms with E-state index in [1.165, 1.54) is 0 Å². The van der Waals surface area contributed by atoms with Crippen LogP contribution in [0, 0.1) is 0 Å². The molecule has 1 unspecified atom stereocenters. The number of rotatable bonds is 4. The lowest BCUT2D eigenvalue weighted by Gasteiger charge is -2.32. The first-order chi connectivity index (χ1) is 17.1. The minimum Gasteiger partial charge on any atom is -0.461 e. The van der Waals surface area contributed by atoms with Crippen LogP contribution in [-0.4, -0.2) is 29.2 Å². The van der Waals surface area contributed by atoms with Crippen molar-refractivity contribution < 1.29 is 19.1 Å². The zero-order valence-corrected chi connectivity index (χ0v) is 19.4. The molecule has 3 heterocycles. The molecule has 0 spiro atoms. The second-order valence-corrected chi connectivity index (χ2v) is 8.93. The highest BCUT2D eigenvalue weighted by Gasteiger charge is 2.38. The van der Waals surface area contributed by atoms with Crippen LogP contribution in [0.4, 0.5) is 11.4 Å². The van der Waals surface area contributed by atoms with Crippen LogP contribution in [0.2, 0.25) is 0 Å². The summed E-state index contributed by atoms with van der Waals surface area (Å²) in [6.07, 6.45) is 4.51. The number of nitrogens with zero attached hydrogens (tertiary/aromatic N) is 1. The molecular formula is C28H25N3O4. The topological polar surface area (TPSA) is 92.8 Å². The summed E-state index contributed by atoms with van der Waals surface area (Å²) in [5.41, 5.74) is 6.56. The Balaban J connectivity index is 1.38. The molecule has 6 rings (SSSR count). The number of Topliss-reactive ketones (excluding diaryl/α,β-unsaturated/α-hetero) is 1. The van der Waals surface area contributed by atoms with E-state index >= 15 is 0 Å². The number of anilines is 1. The molecule has 1 aromatic heterocycles. The SMILES string of the molecule is CCOC(=O)c1[nH]cc2c1NC1=C(C(=O)CCC1)C2c1cccc(OC2=Nc3ccccc3C2)c1. The van der Waals surface area contributed by atoms with Crippen molar-refractivity contribution in [3.63, 3.8) is 0 Å². The van der Waals surface area contributed by atoms with Gasteiger partial charge in [0.2, 0.25) is 0 Å². The predicted octanol–water partition coefficient (Wildman–Crippen LogP) is 5.42. The normalized spacial score (nSPS) is 18.3. The molecule has 3 aromatic rings. The number of fused-ring (bicyclic) bond motifs is 2. The third-order valence-electron chi connectivity index (χ3n) is 6.73. The van der Waals surface area contributed by atoms with Crippen molar-refractivity contribution in [2.24, 2.45) is 4.99 Å². The number of para-hydroxylation sites is 1. The lowest BCUT2D eigenvalue weighted by Crippen LogP contribution is -2.27. The van der Waals surface area contributed by atoms with Gasteiger partial charge in [0.1, 0.15) is 11.4 Å². The first-order valence-electron chi connectivity index (χ1n) is 12.0. The van der Waals surface area contributed by atoms with Crippen molar-refractivity contribution in [3.05, 3.63) is 88.4 Å². The molecule has 3 aliphatic rings. The molecule has 2 N–H and O–H groups in total. The number of hydrogen-bond acceptors (Lipinski definition) is 6. The largest absolute Gasteiger partial charge is 0.461 e. The molecule has 0 radical (unpaired) electrons. The number of benzene rings is 2. The Kier molecular flexibility index (Phi) is 5.25. The van der Waals surface area contributed by atoms with Crippen molar-refractivity contribution in [2.45, 2.75) is 38.5 Å². The monoisotopic (exact) mass is 467 g/mol. The zero-order chi connectivity index (χ0) is 23.9. The quantitative estimate of drug-likeness (QED) is 0.500. The molecule has 0 bridgehead atoms. The Morgan fingerprint density at radius 2 is 2.03 bits per heavy atom. The number of carbonyl (C=O) groups is 2. The van der Waals surface area contributed by atoms with E-state index in [0.29, 0.717) is 35.9 Å². The highest BCUT2D eigenvalue weighted by molar-refractivity contribution is 6.03. The van der Waals surface area contributed by atoms with Crippen LogP contribution >= 0.6 is 0 Å². The first kappa shape index (κ1) is 21.4. The summed E-state index contributed by atoms with van der Waals surface area (Å²) in [5, 5.41) is 3.38. The van der Waals surface area contributed by atoms with Crippen molar-refractivity contribution in [3.8, 4) is 5.75 Å². The fraction of sp³-hybridized carbons (Fsp3) is 0.250. The van der Waals surface area contributed by atoms with E-state index in [0.717, 1.165) is 46.5 Å². The average Bonchev–Trinajstić information content (AvgIpc) is 3.46. The maximum atomic E-state index is 13.1. The van der Waals surface area contributed by atoms with Crippen molar-refractivity contribution in [1.29, 1.82) is 0 Å². The summed E-state index contributed by atoms with van der Waals surface area (Å²) in [5.74, 6) is 0.729. The van der Waals surface area contributed by atoms with E-state index in [4.69, 9.17) is 9.47 Å². The molecule has 1 atom stereocenters. The number of allylic oxidation sites excluding steroid dienone is 2. The molecule has 7 heteroatoms. The Labute approximate surface area is 202 Å². The lowest BCUT2D eigenvalue weighted by molar-refractivity contribution is -0.116. The summed E-state index contributed by atoms with van der Waals surface area (Å²) in [7, 11) is 0. The van der Waals surface area contributed by atoms with Gasteiger partial charge in [0.15, 0.2) is 11.7 Å². The molecular weight excluding hydrogens is 442 g/mol. The van der Waals surface area contributed by atoms with E-state index in [2.05, 4.69) is 21.4 Å². The van der Waals surface area contributed by atoms with Gasteiger partial charge in [0, 0.05) is 35.4 Å². The third-order valence-corrected chi connectivity index (χ3v) is 6.73. The fourth-order valence-corrected chi connectivity index (χ4v) is 5.20. The molecule has 35 heavy (non-hydrogen) atoms. The number of ether oxygens (including phenoxy) is 2. The predicted molar refractivity (Wildman–Crippen MR) is 132 cm³/mol. The van der Waals surface area contributed by atoms with Gasteiger partial charge < -0.3 is 19.8 Å². The van der Waals surface area contributed by atoms with Crippen LogP contribution in [-0.2, 0) is 16.0 Å². The van der Waals surface area contributed by atoms with Gasteiger partial charge >= 0.3 is 5.97 Å². The van der Waals surface area contributed by atoms with Crippen LogP contribution in [0.15, 0.2) is 71.0 Å². The summed E-state index contributed by atoms with van der Waals surface area (Å²) in [6.45, 7) is 2.07. The highest BCUT2D eigenvalue weighted by atomic mass is 16.5. The molecule has 1 aliphatic carbocycles. The molecule has 176 valence electrons. The molecule has 2 aliphatic heterocycles. The molecule has 0 saturated carbocycles. The molecule has 0 amide bonds. The number of carbonyl (C=O) groups excluding carboxylic acids is 2. The number of hydrogen-bond donors (Lipinski definition) is 2. The molecule has 0 fully saturated rings. The third kappa shape index (κ3) is 3.73. The van der Waals surface area contributed by atoms with E-state index in [-0.39, 0.29) is 18.3 Å². The number of aromatic nitrogens is 1. The lowest BCUT2D eigenvalue weighted by atomic mass is 9.76. The average molecular weight is 468 g/mol. The second-order valence-electron chi connectivity index (χ2n) is 8.93. The van der Waals surface area contributed by atoms with Gasteiger partial charge in [-0.1, -0.05) is 30.3 Å². The smallest absolute Gasteiger partial charge is 0.356 e. The fourth-order valence-electron chi connectivity index (χ4n) is 5.20. The van der Waals surface area contributed by atoms with Crippen LogP contribution in [0.3, 0.4) is 0 Å². The minimum absolute atomic E-state index is 0.134. The summed E-state index contributed by atoms with van der Waals surface area (Å²) >= 11 is 0. The Morgan fingerprint density at radius 3 is 2.89 bits per heavy atom. The second kappa shape index (κ2) is 8.58. The van der Waals surface area contributed by atoms with Gasteiger partial charge in [-0.15, -0.1) is 0 Å². The molecule has 2 aromatic carbocycles. The molecule has 7 nitrogen and oxygen atoms in total. The number of ketones is 1. The first-order valence-corrected chi connectivity index (χ1v) is 12.0. The zero-order valence-electron chi connectivity index (χ0n) is 19.4. The Bertz CT molecular complexity index is 1420.